The van der Waals surface area contributed by atoms with Crippen LogP contribution in [-0.4, -0.2) is 22.1 Å². The summed E-state index contributed by atoms with van der Waals surface area (Å²) in [5.74, 6) is -1.04. The number of nitriles is 1. The number of anilines is 1. The highest BCUT2D eigenvalue weighted by molar-refractivity contribution is 5.78. The van der Waals surface area contributed by atoms with Crippen molar-refractivity contribution in [3.63, 3.8) is 0 Å². The van der Waals surface area contributed by atoms with Crippen molar-refractivity contribution in [2.75, 3.05) is 5.32 Å². The summed E-state index contributed by atoms with van der Waals surface area (Å²) in [6, 6.07) is 6.90. The molecule has 0 fully saturated rings. The van der Waals surface area contributed by atoms with E-state index in [-0.39, 0.29) is 11.9 Å². The molecule has 0 amide bonds. The Morgan fingerprint density at radius 2 is 2.06 bits per heavy atom. The van der Waals surface area contributed by atoms with Gasteiger partial charge in [-0.05, 0) is 24.6 Å². The normalized spacial score (nSPS) is 12.8. The quantitative estimate of drug-likeness (QED) is 0.505. The fourth-order valence-corrected chi connectivity index (χ4v) is 1.27. The number of carboxylic acid groups (broad SMARTS) is 1. The lowest BCUT2D eigenvalue weighted by molar-refractivity contribution is -0.142. The zero-order valence-corrected chi connectivity index (χ0v) is 9.40. The van der Waals surface area contributed by atoms with E-state index in [9.17, 15) is 4.79 Å². The van der Waals surface area contributed by atoms with E-state index in [1.807, 2.05) is 0 Å². The van der Waals surface area contributed by atoms with Crippen molar-refractivity contribution >= 4 is 11.7 Å². The van der Waals surface area contributed by atoms with E-state index >= 15 is 0 Å². The zero-order valence-electron chi connectivity index (χ0n) is 9.40. The molecule has 0 radical (unpaired) electrons. The molecule has 0 spiro atoms. The minimum Gasteiger partial charge on any atom is -0.480 e. The van der Waals surface area contributed by atoms with Gasteiger partial charge in [-0.3, -0.25) is 10.1 Å². The largest absolute Gasteiger partial charge is 0.480 e. The molecule has 0 saturated carbocycles. The van der Waals surface area contributed by atoms with E-state index in [1.165, 1.54) is 6.92 Å². The van der Waals surface area contributed by atoms with Gasteiger partial charge in [0.2, 0.25) is 0 Å². The van der Waals surface area contributed by atoms with Crippen LogP contribution in [0, 0.1) is 11.5 Å². The van der Waals surface area contributed by atoms with Gasteiger partial charge in [0.1, 0.15) is 5.54 Å². The van der Waals surface area contributed by atoms with Crippen molar-refractivity contribution < 1.29 is 15.4 Å². The van der Waals surface area contributed by atoms with E-state index in [4.69, 9.17) is 16.1 Å². The molecule has 6 heteroatoms. The van der Waals surface area contributed by atoms with Gasteiger partial charge in [-0.2, -0.15) is 5.26 Å². The molecule has 92 valence electrons. The maximum absolute atomic E-state index is 10.8. The maximum Gasteiger partial charge on any atom is 0.323 e. The van der Waals surface area contributed by atoms with Crippen LogP contribution in [0.3, 0.4) is 0 Å². The average Bonchev–Trinajstić information content (AvgIpc) is 2.21. The number of hydrogen-bond acceptors (Lipinski definition) is 4. The summed E-state index contributed by atoms with van der Waals surface area (Å²) in [6.45, 7) is 1.47. The van der Waals surface area contributed by atoms with Gasteiger partial charge in [0.25, 0.3) is 0 Å². The van der Waals surface area contributed by atoms with Gasteiger partial charge in [0, 0.05) is 12.1 Å². The summed E-state index contributed by atoms with van der Waals surface area (Å²) in [4.78, 5) is 10.8. The minimum absolute atomic E-state index is 0. The van der Waals surface area contributed by atoms with E-state index in [0.717, 1.165) is 5.56 Å². The smallest absolute Gasteiger partial charge is 0.323 e. The van der Waals surface area contributed by atoms with Crippen molar-refractivity contribution in [2.24, 2.45) is 5.73 Å². The first-order valence-corrected chi connectivity index (χ1v) is 4.72. The molecule has 0 heterocycles. The number of carboxylic acids is 1. The Morgan fingerprint density at radius 3 is 2.47 bits per heavy atom. The van der Waals surface area contributed by atoms with Crippen LogP contribution in [-0.2, 0) is 11.2 Å². The van der Waals surface area contributed by atoms with Crippen LogP contribution in [0.25, 0.3) is 0 Å². The lowest BCUT2D eigenvalue weighted by atomic mass is 9.94. The molecule has 0 aliphatic rings. The Bertz CT molecular complexity index is 421. The molecule has 0 bridgehead atoms. The molecule has 1 aromatic rings. The van der Waals surface area contributed by atoms with Crippen molar-refractivity contribution in [3.05, 3.63) is 29.8 Å². The predicted molar refractivity (Wildman–Crippen MR) is 63.2 cm³/mol. The molecule has 1 aromatic carbocycles. The highest BCUT2D eigenvalue weighted by Crippen LogP contribution is 2.14. The summed E-state index contributed by atoms with van der Waals surface area (Å²) in [5, 5.41) is 19.7. The molecule has 0 aromatic heterocycles. The molecule has 0 unspecified atom stereocenters. The van der Waals surface area contributed by atoms with Crippen LogP contribution in [0.2, 0.25) is 0 Å². The number of nitrogens with one attached hydrogen (secondary N) is 1. The van der Waals surface area contributed by atoms with Gasteiger partial charge in [-0.15, -0.1) is 0 Å². The molecule has 0 aliphatic heterocycles. The molecule has 6 N–H and O–H groups in total. The third-order valence-electron chi connectivity index (χ3n) is 2.21. The summed E-state index contributed by atoms with van der Waals surface area (Å²) in [7, 11) is 0. The second kappa shape index (κ2) is 5.84. The van der Waals surface area contributed by atoms with Gasteiger partial charge in [-0.25, -0.2) is 0 Å². The fraction of sp³-hybridized carbons (Fsp3) is 0.273. The molecule has 0 saturated heterocycles. The van der Waals surface area contributed by atoms with Gasteiger partial charge in [0.05, 0.1) is 0 Å². The number of nitrogens with zero attached hydrogens (tertiary/aromatic N) is 1. The van der Waals surface area contributed by atoms with Crippen molar-refractivity contribution in [2.45, 2.75) is 18.9 Å². The van der Waals surface area contributed by atoms with Crippen LogP contribution in [0.5, 0.6) is 0 Å². The van der Waals surface area contributed by atoms with E-state index in [0.29, 0.717) is 5.69 Å². The number of aliphatic carboxylic acids is 1. The highest BCUT2D eigenvalue weighted by Gasteiger charge is 2.27. The van der Waals surface area contributed by atoms with Gasteiger partial charge >= 0.3 is 5.97 Å². The summed E-state index contributed by atoms with van der Waals surface area (Å²) < 4.78 is 0. The third-order valence-corrected chi connectivity index (χ3v) is 2.21. The standard InChI is InChI=1S/C11H13N3O2.H2O/c1-11(13,10(15)16)6-8-2-4-9(5-3-8)14-7-12;/h2-5,14H,6,13H2,1H3,(H,15,16);1H2/t11-;/m1./s1. The molecule has 1 atom stereocenters. The molecule has 6 nitrogen and oxygen atoms in total. The SMILES string of the molecule is C[C@@](N)(Cc1ccc(NC#N)cc1)C(=O)O.O. The monoisotopic (exact) mass is 237 g/mol. The van der Waals surface area contributed by atoms with Crippen molar-refractivity contribution in [1.82, 2.24) is 0 Å². The van der Waals surface area contributed by atoms with Gasteiger partial charge in [0.15, 0.2) is 6.19 Å². The Morgan fingerprint density at radius 1 is 1.53 bits per heavy atom. The maximum atomic E-state index is 10.8. The number of rotatable bonds is 4. The Kier molecular flexibility index (Phi) is 5.12. The summed E-state index contributed by atoms with van der Waals surface area (Å²) >= 11 is 0. The third kappa shape index (κ3) is 4.10. The molecule has 0 aliphatic carbocycles. The number of nitrogens with two attached hydrogens (primary N) is 1. The van der Waals surface area contributed by atoms with Crippen LogP contribution in [0.4, 0.5) is 5.69 Å². The van der Waals surface area contributed by atoms with Crippen LogP contribution in [0.15, 0.2) is 24.3 Å². The lowest BCUT2D eigenvalue weighted by Gasteiger charge is -2.18. The zero-order chi connectivity index (χ0) is 12.2. The van der Waals surface area contributed by atoms with E-state index in [1.54, 1.807) is 30.5 Å². The van der Waals surface area contributed by atoms with Crippen molar-refractivity contribution in [3.8, 4) is 6.19 Å². The van der Waals surface area contributed by atoms with Crippen LogP contribution < -0.4 is 11.1 Å². The van der Waals surface area contributed by atoms with E-state index < -0.39 is 11.5 Å². The molecule has 17 heavy (non-hydrogen) atoms. The second-order valence-electron chi connectivity index (χ2n) is 3.83. The first kappa shape index (κ1) is 14.9. The van der Waals surface area contributed by atoms with E-state index in [2.05, 4.69) is 5.32 Å². The predicted octanol–water partition coefficient (Wildman–Crippen LogP) is 0.0994. The Hall–Kier alpha value is -2.10. The Labute approximate surface area is 99.0 Å². The highest BCUT2D eigenvalue weighted by atomic mass is 16.4. The number of carbonyl (C=O) groups is 1. The van der Waals surface area contributed by atoms with Crippen molar-refractivity contribution in [1.29, 1.82) is 5.26 Å². The van der Waals surface area contributed by atoms with Gasteiger partial charge < -0.3 is 16.3 Å². The first-order chi connectivity index (χ1) is 7.45. The fourth-order valence-electron chi connectivity index (χ4n) is 1.27. The van der Waals surface area contributed by atoms with Crippen LogP contribution >= 0.6 is 0 Å². The average molecular weight is 237 g/mol. The summed E-state index contributed by atoms with van der Waals surface area (Å²) in [5.41, 5.74) is 5.83. The van der Waals surface area contributed by atoms with Crippen LogP contribution in [0.1, 0.15) is 12.5 Å². The minimum atomic E-state index is -1.27. The topological polar surface area (TPSA) is 131 Å². The molecular formula is C11H15N3O3. The summed E-state index contributed by atoms with van der Waals surface area (Å²) in [6.07, 6.45) is 2.05. The first-order valence-electron chi connectivity index (χ1n) is 4.72. The molecular weight excluding hydrogens is 222 g/mol. The number of benzene rings is 1. The molecule has 1 rings (SSSR count). The number of hydrogen-bond donors (Lipinski definition) is 3. The second-order valence-corrected chi connectivity index (χ2v) is 3.83. The lowest BCUT2D eigenvalue weighted by Crippen LogP contribution is -2.46. The Balaban J connectivity index is 0.00000256. The van der Waals surface area contributed by atoms with Gasteiger partial charge in [-0.1, -0.05) is 12.1 Å².